The van der Waals surface area contributed by atoms with Crippen molar-refractivity contribution in [3.63, 3.8) is 0 Å². The lowest BCUT2D eigenvalue weighted by Gasteiger charge is -2.09. The van der Waals surface area contributed by atoms with Crippen LogP contribution in [0.5, 0.6) is 0 Å². The number of aryl methyl sites for hydroxylation is 1. The minimum Gasteiger partial charge on any atom is -0.381 e. The van der Waals surface area contributed by atoms with Crippen LogP contribution in [0.2, 0.25) is 0 Å². The van der Waals surface area contributed by atoms with Crippen molar-refractivity contribution >= 4 is 5.69 Å². The molecule has 0 fully saturated rings. The van der Waals surface area contributed by atoms with Crippen LogP contribution in [0.4, 0.5) is 10.1 Å². The van der Waals surface area contributed by atoms with E-state index >= 15 is 0 Å². The maximum Gasteiger partial charge on any atom is 0.123 e. The van der Waals surface area contributed by atoms with Crippen molar-refractivity contribution in [2.24, 2.45) is 0 Å². The van der Waals surface area contributed by atoms with E-state index in [-0.39, 0.29) is 5.82 Å². The first-order chi connectivity index (χ1) is 8.69. The first kappa shape index (κ1) is 12.1. The number of halogens is 1. The Morgan fingerprint density at radius 3 is 2.50 bits per heavy atom. The molecule has 0 aromatic heterocycles. The highest BCUT2D eigenvalue weighted by molar-refractivity contribution is 5.47. The molecule has 0 bridgehead atoms. The average molecular weight is 240 g/mol. The van der Waals surface area contributed by atoms with E-state index in [0.717, 1.165) is 16.8 Å². The molecule has 0 aliphatic heterocycles. The molecule has 2 aromatic rings. The third-order valence-corrected chi connectivity index (χ3v) is 2.80. The van der Waals surface area contributed by atoms with Crippen LogP contribution in [0, 0.1) is 24.1 Å². The summed E-state index contributed by atoms with van der Waals surface area (Å²) in [4.78, 5) is 0. The Kier molecular flexibility index (Phi) is 3.59. The number of nitrogens with zero attached hydrogens (tertiary/aromatic N) is 1. The van der Waals surface area contributed by atoms with E-state index in [0.29, 0.717) is 12.1 Å². The van der Waals surface area contributed by atoms with Gasteiger partial charge in [0, 0.05) is 12.2 Å². The summed E-state index contributed by atoms with van der Waals surface area (Å²) in [6.45, 7) is 2.52. The van der Waals surface area contributed by atoms with Crippen molar-refractivity contribution in [2.45, 2.75) is 13.5 Å². The summed E-state index contributed by atoms with van der Waals surface area (Å²) >= 11 is 0. The number of benzene rings is 2. The molecule has 2 rings (SSSR count). The summed E-state index contributed by atoms with van der Waals surface area (Å²) in [5.41, 5.74) is 3.56. The van der Waals surface area contributed by atoms with Crippen molar-refractivity contribution in [2.75, 3.05) is 5.32 Å². The summed E-state index contributed by atoms with van der Waals surface area (Å²) in [5.74, 6) is -0.213. The monoisotopic (exact) mass is 240 g/mol. The fraction of sp³-hybridized carbons (Fsp3) is 0.133. The Morgan fingerprint density at radius 2 is 1.89 bits per heavy atom. The first-order valence-corrected chi connectivity index (χ1v) is 5.68. The molecule has 0 spiro atoms. The number of rotatable bonds is 3. The van der Waals surface area contributed by atoms with E-state index < -0.39 is 0 Å². The summed E-state index contributed by atoms with van der Waals surface area (Å²) < 4.78 is 12.9. The van der Waals surface area contributed by atoms with Gasteiger partial charge in [-0.25, -0.2) is 4.39 Å². The highest BCUT2D eigenvalue weighted by atomic mass is 19.1. The van der Waals surface area contributed by atoms with Crippen molar-refractivity contribution in [1.82, 2.24) is 0 Å². The molecule has 90 valence electrons. The predicted molar refractivity (Wildman–Crippen MR) is 69.6 cm³/mol. The van der Waals surface area contributed by atoms with Crippen LogP contribution in [0.15, 0.2) is 42.5 Å². The number of hydrogen-bond donors (Lipinski definition) is 1. The fourth-order valence-electron chi connectivity index (χ4n) is 1.72. The molecule has 0 radical (unpaired) electrons. The van der Waals surface area contributed by atoms with Crippen molar-refractivity contribution in [3.05, 3.63) is 65.0 Å². The normalized spacial score (nSPS) is 9.83. The van der Waals surface area contributed by atoms with Crippen LogP contribution >= 0.6 is 0 Å². The van der Waals surface area contributed by atoms with Crippen molar-refractivity contribution in [3.8, 4) is 6.07 Å². The third-order valence-electron chi connectivity index (χ3n) is 2.80. The molecular formula is C15H13FN2. The maximum absolute atomic E-state index is 12.9. The van der Waals surface area contributed by atoms with E-state index in [9.17, 15) is 4.39 Å². The van der Waals surface area contributed by atoms with Crippen molar-refractivity contribution < 1.29 is 4.39 Å². The van der Waals surface area contributed by atoms with E-state index in [2.05, 4.69) is 11.4 Å². The van der Waals surface area contributed by atoms with Crippen molar-refractivity contribution in [1.29, 1.82) is 5.26 Å². The van der Waals surface area contributed by atoms with Crippen LogP contribution in [-0.4, -0.2) is 0 Å². The van der Waals surface area contributed by atoms with E-state index in [4.69, 9.17) is 5.26 Å². The number of nitrogens with one attached hydrogen (secondary N) is 1. The Labute approximate surface area is 106 Å². The standard InChI is InChI=1S/C15H13FN2/c1-11-8-14(16)5-4-13(11)10-18-15-6-2-12(9-17)3-7-15/h2-8,18H,10H2,1H3. The van der Waals surface area contributed by atoms with Gasteiger partial charge in [-0.15, -0.1) is 0 Å². The fourth-order valence-corrected chi connectivity index (χ4v) is 1.72. The molecule has 0 unspecified atom stereocenters. The maximum atomic E-state index is 12.9. The van der Waals surface area contributed by atoms with Crippen LogP contribution in [0.3, 0.4) is 0 Å². The largest absolute Gasteiger partial charge is 0.381 e. The van der Waals surface area contributed by atoms with Gasteiger partial charge in [-0.2, -0.15) is 5.26 Å². The van der Waals surface area contributed by atoms with Crippen LogP contribution in [-0.2, 0) is 6.54 Å². The lowest BCUT2D eigenvalue weighted by atomic mass is 10.1. The third kappa shape index (κ3) is 2.86. The second-order valence-electron chi connectivity index (χ2n) is 4.11. The van der Waals surface area contributed by atoms with E-state index in [1.54, 1.807) is 18.2 Å². The minimum absolute atomic E-state index is 0.213. The molecule has 18 heavy (non-hydrogen) atoms. The molecule has 2 nitrogen and oxygen atoms in total. The zero-order valence-corrected chi connectivity index (χ0v) is 10.1. The van der Waals surface area contributed by atoms with Gasteiger partial charge >= 0.3 is 0 Å². The summed E-state index contributed by atoms with van der Waals surface area (Å²) in [5, 5.41) is 11.9. The smallest absolute Gasteiger partial charge is 0.123 e. The first-order valence-electron chi connectivity index (χ1n) is 5.68. The van der Waals surface area contributed by atoms with Crippen LogP contribution in [0.1, 0.15) is 16.7 Å². The molecule has 0 amide bonds. The number of nitriles is 1. The molecule has 1 N–H and O–H groups in total. The van der Waals surface area contributed by atoms with Gasteiger partial charge in [-0.1, -0.05) is 6.07 Å². The summed E-state index contributed by atoms with van der Waals surface area (Å²) in [7, 11) is 0. The van der Waals surface area contributed by atoms with Crippen LogP contribution in [0.25, 0.3) is 0 Å². The van der Waals surface area contributed by atoms with Crippen LogP contribution < -0.4 is 5.32 Å². The van der Waals surface area contributed by atoms with Gasteiger partial charge in [-0.3, -0.25) is 0 Å². The second-order valence-corrected chi connectivity index (χ2v) is 4.11. The minimum atomic E-state index is -0.213. The molecule has 3 heteroatoms. The average Bonchev–Trinajstić information content (AvgIpc) is 2.38. The predicted octanol–water partition coefficient (Wildman–Crippen LogP) is 3.62. The number of hydrogen-bond acceptors (Lipinski definition) is 2. The quantitative estimate of drug-likeness (QED) is 0.889. The topological polar surface area (TPSA) is 35.8 Å². The summed E-state index contributed by atoms with van der Waals surface area (Å²) in [6.07, 6.45) is 0. The van der Waals surface area contributed by atoms with Gasteiger partial charge in [0.05, 0.1) is 11.6 Å². The van der Waals surface area contributed by atoms with Gasteiger partial charge < -0.3 is 5.32 Å². The molecule has 0 heterocycles. The molecule has 2 aromatic carbocycles. The molecule has 0 aliphatic rings. The lowest BCUT2D eigenvalue weighted by molar-refractivity contribution is 0.625. The lowest BCUT2D eigenvalue weighted by Crippen LogP contribution is -2.01. The highest BCUT2D eigenvalue weighted by Gasteiger charge is 2.00. The molecule has 0 saturated carbocycles. The van der Waals surface area contributed by atoms with Gasteiger partial charge in [0.2, 0.25) is 0 Å². The Balaban J connectivity index is 2.04. The highest BCUT2D eigenvalue weighted by Crippen LogP contribution is 2.14. The molecular weight excluding hydrogens is 227 g/mol. The number of anilines is 1. The van der Waals surface area contributed by atoms with E-state index in [1.165, 1.54) is 12.1 Å². The van der Waals surface area contributed by atoms with Gasteiger partial charge in [0.1, 0.15) is 5.82 Å². The second kappa shape index (κ2) is 5.33. The zero-order valence-electron chi connectivity index (χ0n) is 10.1. The van der Waals surface area contributed by atoms with Gasteiger partial charge in [0.15, 0.2) is 0 Å². The summed E-state index contributed by atoms with van der Waals surface area (Å²) in [6, 6.07) is 14.1. The SMILES string of the molecule is Cc1cc(F)ccc1CNc1ccc(C#N)cc1. The molecule has 0 aliphatic carbocycles. The Hall–Kier alpha value is -2.34. The zero-order chi connectivity index (χ0) is 13.0. The Morgan fingerprint density at radius 1 is 1.17 bits per heavy atom. The van der Waals surface area contributed by atoms with E-state index in [1.807, 2.05) is 19.1 Å². The molecule has 0 atom stereocenters. The molecule has 0 saturated heterocycles. The Bertz CT molecular complexity index is 582. The van der Waals surface area contributed by atoms with Gasteiger partial charge in [0.25, 0.3) is 0 Å². The van der Waals surface area contributed by atoms with Gasteiger partial charge in [-0.05, 0) is 54.4 Å².